The van der Waals surface area contributed by atoms with E-state index in [-0.39, 0.29) is 5.91 Å². The highest BCUT2D eigenvalue weighted by molar-refractivity contribution is 6.34. The molecule has 19 heavy (non-hydrogen) atoms. The summed E-state index contributed by atoms with van der Waals surface area (Å²) < 4.78 is 26.3. The minimum Gasteiger partial charge on any atom is -0.321 e. The molecule has 3 rings (SSSR count). The highest BCUT2D eigenvalue weighted by atomic mass is 19.1. The molecule has 0 saturated heterocycles. The largest absolute Gasteiger partial charge is 0.321 e. The number of amides is 1. The topological polar surface area (TPSA) is 29.1 Å². The van der Waals surface area contributed by atoms with E-state index in [1.54, 1.807) is 18.2 Å². The number of carbonyl (C=O) groups excluding carboxylic acids is 1. The molecule has 1 heterocycles. The fraction of sp³-hybridized carbons (Fsp3) is 0. The summed E-state index contributed by atoms with van der Waals surface area (Å²) in [5.74, 6) is -1.61. The molecule has 94 valence electrons. The van der Waals surface area contributed by atoms with E-state index in [2.05, 4.69) is 5.32 Å². The second-order valence-electron chi connectivity index (χ2n) is 4.26. The SMILES string of the molecule is O=C1Nc2ccccc2/C1=C/c1cc(F)cc(F)c1. The first kappa shape index (κ1) is 11.6. The lowest BCUT2D eigenvalue weighted by atomic mass is 10.0. The second-order valence-corrected chi connectivity index (χ2v) is 4.26. The van der Waals surface area contributed by atoms with Crippen LogP contribution in [0.5, 0.6) is 0 Å². The Morgan fingerprint density at radius 1 is 1.00 bits per heavy atom. The van der Waals surface area contributed by atoms with Crippen LogP contribution in [0.2, 0.25) is 0 Å². The number of benzene rings is 2. The molecule has 0 saturated carbocycles. The number of hydrogen-bond acceptors (Lipinski definition) is 1. The van der Waals surface area contributed by atoms with Crippen LogP contribution < -0.4 is 5.32 Å². The Hall–Kier alpha value is -2.49. The maximum atomic E-state index is 13.1. The molecule has 0 unspecified atom stereocenters. The molecule has 0 radical (unpaired) electrons. The maximum Gasteiger partial charge on any atom is 0.256 e. The highest BCUT2D eigenvalue weighted by Crippen LogP contribution is 2.32. The minimum atomic E-state index is -0.668. The van der Waals surface area contributed by atoms with Gasteiger partial charge in [0.1, 0.15) is 11.6 Å². The van der Waals surface area contributed by atoms with Gasteiger partial charge in [-0.25, -0.2) is 8.78 Å². The van der Waals surface area contributed by atoms with E-state index in [4.69, 9.17) is 0 Å². The summed E-state index contributed by atoms with van der Waals surface area (Å²) in [7, 11) is 0. The standard InChI is InChI=1S/C15H9F2NO/c16-10-5-9(6-11(17)8-10)7-13-12-3-1-2-4-14(12)18-15(13)19/h1-8H,(H,18,19)/b13-7-. The first-order valence-corrected chi connectivity index (χ1v) is 5.72. The lowest BCUT2D eigenvalue weighted by Gasteiger charge is -1.99. The van der Waals surface area contributed by atoms with Crippen molar-refractivity contribution in [3.05, 3.63) is 65.2 Å². The van der Waals surface area contributed by atoms with Crippen molar-refractivity contribution in [1.82, 2.24) is 0 Å². The van der Waals surface area contributed by atoms with Crippen molar-refractivity contribution >= 4 is 23.2 Å². The predicted molar refractivity (Wildman–Crippen MR) is 69.3 cm³/mol. The van der Waals surface area contributed by atoms with Crippen molar-refractivity contribution < 1.29 is 13.6 Å². The zero-order valence-electron chi connectivity index (χ0n) is 9.78. The zero-order valence-corrected chi connectivity index (χ0v) is 9.78. The molecular formula is C15H9F2NO. The lowest BCUT2D eigenvalue weighted by molar-refractivity contribution is -0.110. The number of fused-ring (bicyclic) bond motifs is 1. The monoisotopic (exact) mass is 257 g/mol. The molecule has 2 aromatic rings. The predicted octanol–water partition coefficient (Wildman–Crippen LogP) is 3.46. The summed E-state index contributed by atoms with van der Waals surface area (Å²) in [5.41, 5.74) is 2.16. The van der Waals surface area contributed by atoms with Crippen LogP contribution in [0, 0.1) is 11.6 Å². The summed E-state index contributed by atoms with van der Waals surface area (Å²) in [5, 5.41) is 2.70. The van der Waals surface area contributed by atoms with Gasteiger partial charge in [0.2, 0.25) is 0 Å². The van der Waals surface area contributed by atoms with Crippen LogP contribution in [0.25, 0.3) is 11.6 Å². The van der Waals surface area contributed by atoms with Gasteiger partial charge in [-0.2, -0.15) is 0 Å². The Morgan fingerprint density at radius 2 is 1.68 bits per heavy atom. The van der Waals surface area contributed by atoms with Gasteiger partial charge in [-0.15, -0.1) is 0 Å². The molecule has 0 aromatic heterocycles. The van der Waals surface area contributed by atoms with Crippen molar-refractivity contribution in [2.75, 3.05) is 5.32 Å². The van der Waals surface area contributed by atoms with Crippen molar-refractivity contribution in [2.45, 2.75) is 0 Å². The fourth-order valence-electron chi connectivity index (χ4n) is 2.11. The number of para-hydroxylation sites is 1. The van der Waals surface area contributed by atoms with Crippen molar-refractivity contribution in [3.63, 3.8) is 0 Å². The molecular weight excluding hydrogens is 248 g/mol. The quantitative estimate of drug-likeness (QED) is 0.779. The molecule has 0 aliphatic carbocycles. The molecule has 1 aliphatic heterocycles. The first-order valence-electron chi connectivity index (χ1n) is 5.72. The molecule has 2 nitrogen and oxygen atoms in total. The third-order valence-electron chi connectivity index (χ3n) is 2.91. The lowest BCUT2D eigenvalue weighted by Crippen LogP contribution is -2.03. The molecule has 0 fully saturated rings. The molecule has 4 heteroatoms. The van der Waals surface area contributed by atoms with E-state index in [1.807, 2.05) is 6.07 Å². The van der Waals surface area contributed by atoms with Crippen LogP contribution in [0.1, 0.15) is 11.1 Å². The summed E-state index contributed by atoms with van der Waals surface area (Å²) in [6.07, 6.45) is 1.48. The molecule has 0 atom stereocenters. The average Bonchev–Trinajstić information content (AvgIpc) is 2.65. The van der Waals surface area contributed by atoms with Gasteiger partial charge in [-0.1, -0.05) is 18.2 Å². The summed E-state index contributed by atoms with van der Waals surface area (Å²) in [4.78, 5) is 11.8. The van der Waals surface area contributed by atoms with Gasteiger partial charge in [0.25, 0.3) is 5.91 Å². The summed E-state index contributed by atoms with van der Waals surface area (Å²) in [6.45, 7) is 0. The third kappa shape index (κ3) is 2.12. The van der Waals surface area contributed by atoms with Gasteiger partial charge in [0, 0.05) is 22.9 Å². The Labute approximate surface area is 108 Å². The van der Waals surface area contributed by atoms with Crippen LogP contribution >= 0.6 is 0 Å². The molecule has 1 amide bonds. The number of nitrogens with one attached hydrogen (secondary N) is 1. The second kappa shape index (κ2) is 4.31. The average molecular weight is 257 g/mol. The normalized spacial score (nSPS) is 15.5. The van der Waals surface area contributed by atoms with Crippen LogP contribution in [0.3, 0.4) is 0 Å². The number of halogens is 2. The summed E-state index contributed by atoms with van der Waals surface area (Å²) >= 11 is 0. The Kier molecular flexibility index (Phi) is 2.63. The maximum absolute atomic E-state index is 13.1. The number of rotatable bonds is 1. The van der Waals surface area contributed by atoms with Crippen molar-refractivity contribution in [1.29, 1.82) is 0 Å². The summed E-state index contributed by atoms with van der Waals surface area (Å²) in [6, 6.07) is 10.3. The van der Waals surface area contributed by atoms with E-state index in [9.17, 15) is 13.6 Å². The van der Waals surface area contributed by atoms with Gasteiger partial charge in [-0.3, -0.25) is 4.79 Å². The van der Waals surface area contributed by atoms with Crippen LogP contribution in [0.4, 0.5) is 14.5 Å². The molecule has 1 N–H and O–H groups in total. The van der Waals surface area contributed by atoms with E-state index in [0.717, 1.165) is 11.6 Å². The van der Waals surface area contributed by atoms with E-state index >= 15 is 0 Å². The molecule has 0 bridgehead atoms. The van der Waals surface area contributed by atoms with Gasteiger partial charge >= 0.3 is 0 Å². The van der Waals surface area contributed by atoms with Crippen LogP contribution in [0.15, 0.2) is 42.5 Å². The van der Waals surface area contributed by atoms with Gasteiger partial charge in [0.15, 0.2) is 0 Å². The van der Waals surface area contributed by atoms with Gasteiger partial charge < -0.3 is 5.32 Å². The van der Waals surface area contributed by atoms with E-state index in [0.29, 0.717) is 16.8 Å². The minimum absolute atomic E-state index is 0.272. The third-order valence-corrected chi connectivity index (χ3v) is 2.91. The van der Waals surface area contributed by atoms with Crippen LogP contribution in [-0.2, 0) is 4.79 Å². The Balaban J connectivity index is 2.11. The van der Waals surface area contributed by atoms with E-state index < -0.39 is 11.6 Å². The van der Waals surface area contributed by atoms with Gasteiger partial charge in [-0.05, 0) is 29.8 Å². The molecule has 0 spiro atoms. The van der Waals surface area contributed by atoms with E-state index in [1.165, 1.54) is 18.2 Å². The van der Waals surface area contributed by atoms with Crippen LogP contribution in [-0.4, -0.2) is 5.91 Å². The number of anilines is 1. The number of carbonyl (C=O) groups is 1. The first-order chi connectivity index (χ1) is 9.13. The zero-order chi connectivity index (χ0) is 13.4. The molecule has 2 aromatic carbocycles. The smallest absolute Gasteiger partial charge is 0.256 e. The van der Waals surface area contributed by atoms with Gasteiger partial charge in [0.05, 0.1) is 0 Å². The molecule has 1 aliphatic rings. The van der Waals surface area contributed by atoms with Crippen molar-refractivity contribution in [3.8, 4) is 0 Å². The Bertz CT molecular complexity index is 687. The number of hydrogen-bond donors (Lipinski definition) is 1. The van der Waals surface area contributed by atoms with Crippen molar-refractivity contribution in [2.24, 2.45) is 0 Å². The fourth-order valence-corrected chi connectivity index (χ4v) is 2.11. The Morgan fingerprint density at radius 3 is 2.42 bits per heavy atom. The highest BCUT2D eigenvalue weighted by Gasteiger charge is 2.23.